The van der Waals surface area contributed by atoms with Gasteiger partial charge < -0.3 is 15.2 Å². The predicted octanol–water partition coefficient (Wildman–Crippen LogP) is 1.88. The summed E-state index contributed by atoms with van der Waals surface area (Å²) in [5, 5.41) is 20.9. The number of ether oxygens (including phenoxy) is 1. The molecule has 25 heavy (non-hydrogen) atoms. The van der Waals surface area contributed by atoms with Crippen LogP contribution in [0.5, 0.6) is 5.88 Å². The van der Waals surface area contributed by atoms with Crippen LogP contribution in [0.2, 0.25) is 5.02 Å². The first-order valence-electron chi connectivity index (χ1n) is 8.18. The molecule has 0 atom stereocenters. The molecule has 1 aliphatic carbocycles. The quantitative estimate of drug-likeness (QED) is 0.783. The molecule has 7 nitrogen and oxygen atoms in total. The molecule has 2 aromatic rings. The second kappa shape index (κ2) is 7.41. The lowest BCUT2D eigenvalue weighted by molar-refractivity contribution is 0.0427. The Hall–Kier alpha value is -2.12. The standard InChI is InChI=1S/C17H21ClN4O3/c1-25-16-14(15(24)19-10-17(11-23)7-4-8-17)20-21-22(16)9-12-5-2-3-6-13(12)18/h2-3,5-6,23H,4,7-11H2,1H3,(H,19,24). The van der Waals surface area contributed by atoms with E-state index < -0.39 is 0 Å². The number of hydrogen-bond acceptors (Lipinski definition) is 5. The van der Waals surface area contributed by atoms with Crippen molar-refractivity contribution in [3.63, 3.8) is 0 Å². The van der Waals surface area contributed by atoms with Gasteiger partial charge in [-0.2, -0.15) is 0 Å². The van der Waals surface area contributed by atoms with Gasteiger partial charge in [-0.1, -0.05) is 41.4 Å². The maximum atomic E-state index is 12.4. The molecule has 0 radical (unpaired) electrons. The van der Waals surface area contributed by atoms with E-state index in [0.29, 0.717) is 18.1 Å². The van der Waals surface area contributed by atoms with Crippen molar-refractivity contribution in [2.75, 3.05) is 20.3 Å². The summed E-state index contributed by atoms with van der Waals surface area (Å²) >= 11 is 6.17. The van der Waals surface area contributed by atoms with E-state index >= 15 is 0 Å². The predicted molar refractivity (Wildman–Crippen MR) is 92.8 cm³/mol. The molecule has 1 heterocycles. The minimum Gasteiger partial charge on any atom is -0.479 e. The number of aliphatic hydroxyl groups excluding tert-OH is 1. The van der Waals surface area contributed by atoms with Crippen LogP contribution in [0, 0.1) is 5.41 Å². The van der Waals surface area contributed by atoms with Crippen molar-refractivity contribution >= 4 is 17.5 Å². The van der Waals surface area contributed by atoms with Gasteiger partial charge in [0.15, 0.2) is 0 Å². The molecule has 0 saturated heterocycles. The highest BCUT2D eigenvalue weighted by molar-refractivity contribution is 6.31. The van der Waals surface area contributed by atoms with Gasteiger partial charge in [0.2, 0.25) is 11.6 Å². The molecule has 1 saturated carbocycles. The van der Waals surface area contributed by atoms with Gasteiger partial charge >= 0.3 is 0 Å². The van der Waals surface area contributed by atoms with Crippen molar-refractivity contribution in [3.05, 3.63) is 40.5 Å². The normalized spacial score (nSPS) is 15.5. The van der Waals surface area contributed by atoms with Crippen molar-refractivity contribution in [2.24, 2.45) is 5.41 Å². The highest BCUT2D eigenvalue weighted by Gasteiger charge is 2.37. The summed E-state index contributed by atoms with van der Waals surface area (Å²) in [7, 11) is 1.47. The highest BCUT2D eigenvalue weighted by Crippen LogP contribution is 2.39. The summed E-state index contributed by atoms with van der Waals surface area (Å²) in [6.07, 6.45) is 2.91. The van der Waals surface area contributed by atoms with E-state index in [1.165, 1.54) is 11.8 Å². The molecular weight excluding hydrogens is 344 g/mol. The van der Waals surface area contributed by atoms with Crippen LogP contribution in [0.3, 0.4) is 0 Å². The lowest BCUT2D eigenvalue weighted by atomic mass is 9.69. The molecule has 0 bridgehead atoms. The summed E-state index contributed by atoms with van der Waals surface area (Å²) in [5.41, 5.74) is 0.784. The van der Waals surface area contributed by atoms with Crippen molar-refractivity contribution in [2.45, 2.75) is 25.8 Å². The number of rotatable bonds is 7. The highest BCUT2D eigenvalue weighted by atomic mass is 35.5. The monoisotopic (exact) mass is 364 g/mol. The fourth-order valence-corrected chi connectivity index (χ4v) is 3.15. The van der Waals surface area contributed by atoms with E-state index in [1.807, 2.05) is 18.2 Å². The van der Waals surface area contributed by atoms with Crippen LogP contribution in [-0.2, 0) is 6.54 Å². The number of carbonyl (C=O) groups excluding carboxylic acids is 1. The lowest BCUT2D eigenvalue weighted by Gasteiger charge is -2.40. The third-order valence-corrected chi connectivity index (χ3v) is 5.12. The Morgan fingerprint density at radius 1 is 1.44 bits per heavy atom. The van der Waals surface area contributed by atoms with E-state index in [-0.39, 0.29) is 29.5 Å². The Balaban J connectivity index is 1.73. The van der Waals surface area contributed by atoms with Crippen molar-refractivity contribution in [3.8, 4) is 5.88 Å². The van der Waals surface area contributed by atoms with Crippen LogP contribution in [0.1, 0.15) is 35.3 Å². The number of nitrogens with zero attached hydrogens (tertiary/aromatic N) is 3. The fourth-order valence-electron chi connectivity index (χ4n) is 2.96. The van der Waals surface area contributed by atoms with Crippen molar-refractivity contribution in [1.29, 1.82) is 0 Å². The Bertz CT molecular complexity index is 753. The summed E-state index contributed by atoms with van der Waals surface area (Å²) in [6.45, 7) is 0.843. The number of aliphatic hydroxyl groups is 1. The second-order valence-electron chi connectivity index (χ2n) is 6.39. The van der Waals surface area contributed by atoms with Gasteiger partial charge in [-0.15, -0.1) is 5.10 Å². The second-order valence-corrected chi connectivity index (χ2v) is 6.80. The van der Waals surface area contributed by atoms with Crippen LogP contribution in [0.25, 0.3) is 0 Å². The first-order chi connectivity index (χ1) is 12.1. The number of benzene rings is 1. The number of amides is 1. The summed E-state index contributed by atoms with van der Waals surface area (Å²) < 4.78 is 6.83. The van der Waals surface area contributed by atoms with Gasteiger partial charge in [0.25, 0.3) is 5.91 Å². The summed E-state index contributed by atoms with van der Waals surface area (Å²) in [4.78, 5) is 12.4. The third kappa shape index (κ3) is 3.62. The van der Waals surface area contributed by atoms with Gasteiger partial charge in [0.05, 0.1) is 20.3 Å². The molecule has 134 valence electrons. The van der Waals surface area contributed by atoms with Crippen molar-refractivity contribution in [1.82, 2.24) is 20.3 Å². The molecule has 1 fully saturated rings. The fraction of sp³-hybridized carbons (Fsp3) is 0.471. The van der Waals surface area contributed by atoms with Crippen LogP contribution >= 0.6 is 11.6 Å². The number of methoxy groups -OCH3 is 1. The molecule has 1 aromatic carbocycles. The maximum Gasteiger partial charge on any atom is 0.277 e. The van der Waals surface area contributed by atoms with E-state index in [9.17, 15) is 9.90 Å². The van der Waals surface area contributed by atoms with Gasteiger partial charge in [-0.3, -0.25) is 4.79 Å². The van der Waals surface area contributed by atoms with Crippen LogP contribution < -0.4 is 10.1 Å². The van der Waals surface area contributed by atoms with Crippen LogP contribution in [-0.4, -0.2) is 46.3 Å². The van der Waals surface area contributed by atoms with Gasteiger partial charge in [0.1, 0.15) is 0 Å². The van der Waals surface area contributed by atoms with Gasteiger partial charge in [-0.25, -0.2) is 4.68 Å². The number of nitrogens with one attached hydrogen (secondary N) is 1. The van der Waals surface area contributed by atoms with E-state index in [2.05, 4.69) is 15.6 Å². The average Bonchev–Trinajstić information content (AvgIpc) is 2.99. The lowest BCUT2D eigenvalue weighted by Crippen LogP contribution is -2.44. The van der Waals surface area contributed by atoms with E-state index in [0.717, 1.165) is 24.8 Å². The molecule has 8 heteroatoms. The number of aromatic nitrogens is 3. The Kier molecular flexibility index (Phi) is 5.24. The largest absolute Gasteiger partial charge is 0.479 e. The smallest absolute Gasteiger partial charge is 0.277 e. The molecule has 0 aliphatic heterocycles. The number of halogens is 1. The average molecular weight is 365 g/mol. The molecule has 0 spiro atoms. The van der Waals surface area contributed by atoms with Gasteiger partial charge in [0, 0.05) is 17.0 Å². The molecule has 0 unspecified atom stereocenters. The zero-order chi connectivity index (χ0) is 17.9. The number of hydrogen-bond donors (Lipinski definition) is 2. The minimum atomic E-state index is -0.359. The molecular formula is C17H21ClN4O3. The Morgan fingerprint density at radius 2 is 2.20 bits per heavy atom. The number of carbonyl (C=O) groups is 1. The summed E-state index contributed by atoms with van der Waals surface area (Å²) in [5.74, 6) is -0.0777. The van der Waals surface area contributed by atoms with E-state index in [1.54, 1.807) is 6.07 Å². The van der Waals surface area contributed by atoms with E-state index in [4.69, 9.17) is 16.3 Å². The summed E-state index contributed by atoms with van der Waals surface area (Å²) in [6, 6.07) is 7.40. The van der Waals surface area contributed by atoms with Crippen molar-refractivity contribution < 1.29 is 14.6 Å². The third-order valence-electron chi connectivity index (χ3n) is 4.75. The minimum absolute atomic E-state index is 0.0730. The Morgan fingerprint density at radius 3 is 2.80 bits per heavy atom. The SMILES string of the molecule is COc1c(C(=O)NCC2(CO)CCC2)nnn1Cc1ccccc1Cl. The molecule has 1 amide bonds. The topological polar surface area (TPSA) is 89.3 Å². The Labute approximate surface area is 150 Å². The molecule has 1 aromatic heterocycles. The molecule has 3 rings (SSSR count). The zero-order valence-corrected chi connectivity index (χ0v) is 14.8. The zero-order valence-electron chi connectivity index (χ0n) is 14.0. The molecule has 1 aliphatic rings. The maximum absolute atomic E-state index is 12.4. The molecule has 2 N–H and O–H groups in total. The van der Waals surface area contributed by atoms with Gasteiger partial charge in [-0.05, 0) is 24.5 Å². The first-order valence-corrected chi connectivity index (χ1v) is 8.56. The van der Waals surface area contributed by atoms with Crippen LogP contribution in [0.4, 0.5) is 0 Å². The van der Waals surface area contributed by atoms with Crippen LogP contribution in [0.15, 0.2) is 24.3 Å². The first kappa shape index (κ1) is 17.7.